The highest BCUT2D eigenvalue weighted by atomic mass is 16.5. The molecule has 2 N–H and O–H groups in total. The van der Waals surface area contributed by atoms with Gasteiger partial charge in [0.05, 0.1) is 14.2 Å². The third-order valence-corrected chi connectivity index (χ3v) is 3.45. The Morgan fingerprint density at radius 2 is 2.22 bits per heavy atom. The smallest absolute Gasteiger partial charge is 0.127 e. The lowest BCUT2D eigenvalue weighted by Gasteiger charge is -2.19. The molecule has 0 aliphatic carbocycles. The van der Waals surface area contributed by atoms with Crippen molar-refractivity contribution in [2.75, 3.05) is 27.4 Å². The van der Waals surface area contributed by atoms with Crippen LogP contribution >= 0.6 is 0 Å². The molecule has 2 atom stereocenters. The Labute approximate surface area is 108 Å². The predicted molar refractivity (Wildman–Crippen MR) is 70.0 cm³/mol. The van der Waals surface area contributed by atoms with Crippen molar-refractivity contribution in [2.24, 2.45) is 11.7 Å². The highest BCUT2D eigenvalue weighted by Crippen LogP contribution is 2.32. The van der Waals surface area contributed by atoms with E-state index in [0.717, 1.165) is 43.1 Å². The average Bonchev–Trinajstić information content (AvgIpc) is 2.90. The van der Waals surface area contributed by atoms with E-state index < -0.39 is 0 Å². The Balaban J connectivity index is 2.10. The second-order valence-electron chi connectivity index (χ2n) is 4.68. The maximum atomic E-state index is 6.27. The lowest BCUT2D eigenvalue weighted by Crippen LogP contribution is -2.16. The molecule has 1 aromatic rings. The molecule has 0 saturated carbocycles. The van der Waals surface area contributed by atoms with Crippen molar-refractivity contribution in [3.63, 3.8) is 0 Å². The van der Waals surface area contributed by atoms with Crippen LogP contribution in [-0.2, 0) is 4.74 Å². The monoisotopic (exact) mass is 251 g/mol. The van der Waals surface area contributed by atoms with E-state index in [1.807, 2.05) is 18.2 Å². The van der Waals surface area contributed by atoms with Crippen LogP contribution in [0.1, 0.15) is 24.4 Å². The predicted octanol–water partition coefficient (Wildman–Crippen LogP) is 2.13. The van der Waals surface area contributed by atoms with Gasteiger partial charge in [-0.25, -0.2) is 0 Å². The van der Waals surface area contributed by atoms with Gasteiger partial charge >= 0.3 is 0 Å². The molecule has 0 spiro atoms. The van der Waals surface area contributed by atoms with Crippen molar-refractivity contribution >= 4 is 0 Å². The Morgan fingerprint density at radius 3 is 2.83 bits per heavy atom. The van der Waals surface area contributed by atoms with Crippen LogP contribution < -0.4 is 15.2 Å². The summed E-state index contributed by atoms with van der Waals surface area (Å²) >= 11 is 0. The molecule has 4 nitrogen and oxygen atoms in total. The first kappa shape index (κ1) is 13.2. The van der Waals surface area contributed by atoms with Crippen molar-refractivity contribution < 1.29 is 14.2 Å². The third-order valence-electron chi connectivity index (χ3n) is 3.45. The molecule has 0 aromatic heterocycles. The molecule has 100 valence electrons. The minimum absolute atomic E-state index is 0.0162. The van der Waals surface area contributed by atoms with Gasteiger partial charge in [-0.05, 0) is 24.8 Å². The molecule has 1 aliphatic heterocycles. The largest absolute Gasteiger partial charge is 0.497 e. The number of ether oxygens (including phenoxy) is 3. The van der Waals surface area contributed by atoms with Gasteiger partial charge in [0.2, 0.25) is 0 Å². The molecule has 18 heavy (non-hydrogen) atoms. The fourth-order valence-electron chi connectivity index (χ4n) is 2.38. The normalized spacial score (nSPS) is 20.7. The summed E-state index contributed by atoms with van der Waals surface area (Å²) in [5.41, 5.74) is 7.30. The molecule has 2 unspecified atom stereocenters. The first-order valence-corrected chi connectivity index (χ1v) is 6.30. The zero-order valence-electron chi connectivity index (χ0n) is 11.0. The highest BCUT2D eigenvalue weighted by molar-refractivity contribution is 5.42. The number of rotatable bonds is 5. The van der Waals surface area contributed by atoms with E-state index in [-0.39, 0.29) is 6.04 Å². The molecule has 2 rings (SSSR count). The van der Waals surface area contributed by atoms with E-state index in [9.17, 15) is 0 Å². The van der Waals surface area contributed by atoms with Crippen LogP contribution in [0.15, 0.2) is 18.2 Å². The van der Waals surface area contributed by atoms with Gasteiger partial charge in [0.1, 0.15) is 11.5 Å². The average molecular weight is 251 g/mol. The second-order valence-corrected chi connectivity index (χ2v) is 4.68. The summed E-state index contributed by atoms with van der Waals surface area (Å²) in [7, 11) is 3.30. The molecule has 4 heteroatoms. The Bertz CT molecular complexity index is 389. The van der Waals surface area contributed by atoms with Crippen LogP contribution in [0.3, 0.4) is 0 Å². The Hall–Kier alpha value is -1.26. The minimum Gasteiger partial charge on any atom is -0.497 e. The van der Waals surface area contributed by atoms with Crippen molar-refractivity contribution in [2.45, 2.75) is 18.9 Å². The Kier molecular flexibility index (Phi) is 4.44. The third kappa shape index (κ3) is 2.94. The van der Waals surface area contributed by atoms with Crippen molar-refractivity contribution in [3.05, 3.63) is 23.8 Å². The van der Waals surface area contributed by atoms with Gasteiger partial charge in [-0.1, -0.05) is 6.07 Å². The SMILES string of the molecule is COc1ccc(C(N)CC2CCOC2)c(OC)c1. The van der Waals surface area contributed by atoms with Crippen molar-refractivity contribution in [1.29, 1.82) is 0 Å². The molecule has 0 amide bonds. The summed E-state index contributed by atoms with van der Waals surface area (Å²) in [6.45, 7) is 1.68. The molecule has 1 aliphatic rings. The summed E-state index contributed by atoms with van der Waals surface area (Å²) < 4.78 is 15.9. The molecule has 1 saturated heterocycles. The zero-order chi connectivity index (χ0) is 13.0. The van der Waals surface area contributed by atoms with Crippen LogP contribution in [0.2, 0.25) is 0 Å². The van der Waals surface area contributed by atoms with Crippen LogP contribution in [-0.4, -0.2) is 27.4 Å². The van der Waals surface area contributed by atoms with E-state index in [0.29, 0.717) is 5.92 Å². The van der Waals surface area contributed by atoms with Crippen molar-refractivity contribution in [3.8, 4) is 11.5 Å². The van der Waals surface area contributed by atoms with Crippen molar-refractivity contribution in [1.82, 2.24) is 0 Å². The minimum atomic E-state index is -0.0162. The van der Waals surface area contributed by atoms with Crippen LogP contribution in [0.4, 0.5) is 0 Å². The van der Waals surface area contributed by atoms with Gasteiger partial charge < -0.3 is 19.9 Å². The summed E-state index contributed by atoms with van der Waals surface area (Å²) in [5.74, 6) is 2.14. The molecule has 1 heterocycles. The summed E-state index contributed by atoms with van der Waals surface area (Å²) in [4.78, 5) is 0. The van der Waals surface area contributed by atoms with Crippen LogP contribution in [0.5, 0.6) is 11.5 Å². The Morgan fingerprint density at radius 1 is 1.39 bits per heavy atom. The topological polar surface area (TPSA) is 53.7 Å². The van der Waals surface area contributed by atoms with E-state index >= 15 is 0 Å². The van der Waals surface area contributed by atoms with Crippen LogP contribution in [0, 0.1) is 5.92 Å². The van der Waals surface area contributed by atoms with Gasteiger partial charge in [-0.15, -0.1) is 0 Å². The number of methoxy groups -OCH3 is 2. The van der Waals surface area contributed by atoms with E-state index in [2.05, 4.69) is 0 Å². The number of nitrogens with two attached hydrogens (primary N) is 1. The molecular formula is C14H21NO3. The maximum absolute atomic E-state index is 6.27. The van der Waals surface area contributed by atoms with Gasteiger partial charge in [-0.2, -0.15) is 0 Å². The second kappa shape index (κ2) is 6.07. The molecule has 0 bridgehead atoms. The van der Waals surface area contributed by atoms with E-state index in [4.69, 9.17) is 19.9 Å². The standard InChI is InChI=1S/C14H21NO3/c1-16-11-3-4-12(14(8-11)17-2)13(15)7-10-5-6-18-9-10/h3-4,8,10,13H,5-7,9,15H2,1-2H3. The van der Waals surface area contributed by atoms with Gasteiger partial charge in [0.15, 0.2) is 0 Å². The van der Waals surface area contributed by atoms with E-state index in [1.165, 1.54) is 0 Å². The van der Waals surface area contributed by atoms with Gasteiger partial charge in [0, 0.05) is 30.9 Å². The van der Waals surface area contributed by atoms with E-state index in [1.54, 1.807) is 14.2 Å². The zero-order valence-corrected chi connectivity index (χ0v) is 11.0. The fraction of sp³-hybridized carbons (Fsp3) is 0.571. The first-order chi connectivity index (χ1) is 8.74. The van der Waals surface area contributed by atoms with Crippen LogP contribution in [0.25, 0.3) is 0 Å². The fourth-order valence-corrected chi connectivity index (χ4v) is 2.38. The summed E-state index contributed by atoms with van der Waals surface area (Å²) in [6, 6.07) is 5.76. The maximum Gasteiger partial charge on any atom is 0.127 e. The number of benzene rings is 1. The number of hydrogen-bond donors (Lipinski definition) is 1. The van der Waals surface area contributed by atoms with Gasteiger partial charge in [-0.3, -0.25) is 0 Å². The highest BCUT2D eigenvalue weighted by Gasteiger charge is 2.21. The van der Waals surface area contributed by atoms with Gasteiger partial charge in [0.25, 0.3) is 0 Å². The lowest BCUT2D eigenvalue weighted by molar-refractivity contribution is 0.182. The molecule has 1 aromatic carbocycles. The first-order valence-electron chi connectivity index (χ1n) is 6.30. The molecule has 0 radical (unpaired) electrons. The number of hydrogen-bond acceptors (Lipinski definition) is 4. The quantitative estimate of drug-likeness (QED) is 0.871. The molecule has 1 fully saturated rings. The summed E-state index contributed by atoms with van der Waals surface area (Å²) in [6.07, 6.45) is 2.04. The summed E-state index contributed by atoms with van der Waals surface area (Å²) in [5, 5.41) is 0. The molecular weight excluding hydrogens is 230 g/mol. The lowest BCUT2D eigenvalue weighted by atomic mass is 9.94.